The molecule has 3 aromatic rings. The second-order valence-electron chi connectivity index (χ2n) is 7.00. The van der Waals surface area contributed by atoms with Crippen molar-refractivity contribution in [3.8, 4) is 5.75 Å². The molecule has 0 spiro atoms. The summed E-state index contributed by atoms with van der Waals surface area (Å²) in [6.45, 7) is 2.35. The van der Waals surface area contributed by atoms with Crippen molar-refractivity contribution in [2.45, 2.75) is 19.4 Å². The summed E-state index contributed by atoms with van der Waals surface area (Å²) in [4.78, 5) is 13.1. The Morgan fingerprint density at radius 2 is 2.00 bits per heavy atom. The first-order valence-electron chi connectivity index (χ1n) is 9.88. The predicted molar refractivity (Wildman–Crippen MR) is 119 cm³/mol. The molecule has 3 heterocycles. The number of nitrogens with zero attached hydrogens (tertiary/aromatic N) is 3. The van der Waals surface area contributed by atoms with E-state index in [1.807, 2.05) is 37.3 Å². The molecule has 1 aliphatic rings. The molecule has 1 atom stereocenters. The second kappa shape index (κ2) is 9.17. The molecule has 8 nitrogen and oxygen atoms in total. The van der Waals surface area contributed by atoms with E-state index in [1.165, 1.54) is 6.26 Å². The van der Waals surface area contributed by atoms with Crippen molar-refractivity contribution in [3.05, 3.63) is 78.1 Å². The summed E-state index contributed by atoms with van der Waals surface area (Å²) in [6.07, 6.45) is 6.33. The van der Waals surface area contributed by atoms with Gasteiger partial charge in [0, 0.05) is 36.7 Å². The molecule has 0 unspecified atom stereocenters. The lowest BCUT2D eigenvalue weighted by Gasteiger charge is -2.19. The maximum absolute atomic E-state index is 8.65. The van der Waals surface area contributed by atoms with Gasteiger partial charge in [-0.15, -0.1) is 0 Å². The minimum absolute atomic E-state index is 0.161. The summed E-state index contributed by atoms with van der Waals surface area (Å²) < 4.78 is 11.8. The van der Waals surface area contributed by atoms with Crippen LogP contribution in [0.15, 0.2) is 61.1 Å². The molecule has 0 amide bonds. The van der Waals surface area contributed by atoms with Gasteiger partial charge in [-0.25, -0.2) is 15.0 Å². The molecule has 0 aliphatic carbocycles. The van der Waals surface area contributed by atoms with Crippen LogP contribution < -0.4 is 10.1 Å². The summed E-state index contributed by atoms with van der Waals surface area (Å²) in [5.41, 5.74) is 2.19. The summed E-state index contributed by atoms with van der Waals surface area (Å²) in [6, 6.07) is 13.0. The average molecular weight is 414 g/mol. The summed E-state index contributed by atoms with van der Waals surface area (Å²) in [5, 5.41) is 19.4. The number of allylic oxidation sites excluding steroid dienone is 1. The van der Waals surface area contributed by atoms with Gasteiger partial charge in [-0.1, -0.05) is 30.3 Å². The Labute approximate surface area is 180 Å². The zero-order valence-electron chi connectivity index (χ0n) is 17.0. The van der Waals surface area contributed by atoms with Gasteiger partial charge in [0.05, 0.1) is 35.8 Å². The van der Waals surface area contributed by atoms with Crippen LogP contribution in [-0.4, -0.2) is 39.6 Å². The molecule has 8 heteroatoms. The Balaban J connectivity index is 1.74. The van der Waals surface area contributed by atoms with Crippen molar-refractivity contribution < 1.29 is 9.47 Å². The SMILES string of the molecule is C[C@H]1CCOC=C(C=N)c2nccc(n2)Nc2cc(c(C(=N)c3ccccc3)cn2)O1. The van der Waals surface area contributed by atoms with Crippen LogP contribution in [0.5, 0.6) is 5.75 Å². The number of rotatable bonds is 3. The van der Waals surface area contributed by atoms with Crippen molar-refractivity contribution in [1.82, 2.24) is 15.0 Å². The number of nitrogens with one attached hydrogen (secondary N) is 3. The first-order chi connectivity index (χ1) is 15.1. The van der Waals surface area contributed by atoms with Crippen LogP contribution in [0, 0.1) is 10.8 Å². The Hall–Kier alpha value is -4.07. The normalized spacial score (nSPS) is 15.9. The van der Waals surface area contributed by atoms with E-state index >= 15 is 0 Å². The number of ether oxygens (including phenoxy) is 2. The molecule has 0 saturated carbocycles. The molecule has 0 saturated heterocycles. The first kappa shape index (κ1) is 20.2. The number of anilines is 2. The second-order valence-corrected chi connectivity index (χ2v) is 7.00. The largest absolute Gasteiger partial charge is 0.500 e. The lowest BCUT2D eigenvalue weighted by atomic mass is 10.0. The topological polar surface area (TPSA) is 117 Å². The van der Waals surface area contributed by atoms with Gasteiger partial charge in [0.1, 0.15) is 17.4 Å². The van der Waals surface area contributed by atoms with Crippen LogP contribution in [0.1, 0.15) is 30.3 Å². The van der Waals surface area contributed by atoms with E-state index in [4.69, 9.17) is 20.3 Å². The highest BCUT2D eigenvalue weighted by molar-refractivity contribution is 6.12. The zero-order valence-corrected chi connectivity index (χ0v) is 17.0. The maximum atomic E-state index is 8.65. The third-order valence-electron chi connectivity index (χ3n) is 4.70. The average Bonchev–Trinajstić information content (AvgIpc) is 2.79. The van der Waals surface area contributed by atoms with Crippen molar-refractivity contribution >= 4 is 29.1 Å². The van der Waals surface area contributed by atoms with Gasteiger partial charge in [0.2, 0.25) is 0 Å². The minimum atomic E-state index is -0.161. The van der Waals surface area contributed by atoms with Gasteiger partial charge in [-0.2, -0.15) is 0 Å². The van der Waals surface area contributed by atoms with Crippen LogP contribution >= 0.6 is 0 Å². The quantitative estimate of drug-likeness (QED) is 0.553. The first-order valence-corrected chi connectivity index (χ1v) is 9.88. The Morgan fingerprint density at radius 3 is 2.81 bits per heavy atom. The number of aromatic nitrogens is 3. The van der Waals surface area contributed by atoms with E-state index in [2.05, 4.69) is 20.3 Å². The van der Waals surface area contributed by atoms with E-state index in [0.29, 0.717) is 53.1 Å². The van der Waals surface area contributed by atoms with Gasteiger partial charge < -0.3 is 20.2 Å². The van der Waals surface area contributed by atoms with Gasteiger partial charge in [0.15, 0.2) is 5.82 Å². The molecule has 1 aliphatic heterocycles. The maximum Gasteiger partial charge on any atom is 0.166 e. The van der Waals surface area contributed by atoms with Crippen molar-refractivity contribution in [1.29, 1.82) is 10.8 Å². The van der Waals surface area contributed by atoms with Gasteiger partial charge in [-0.05, 0) is 13.0 Å². The number of hydrogen-bond donors (Lipinski definition) is 3. The highest BCUT2D eigenvalue weighted by Crippen LogP contribution is 2.27. The standard InChI is InChI=1S/C23H22N6O2/c1-15-8-10-30-14-17(12-24)23-26-9-7-20(29-23)28-21-11-19(31-15)18(13-27-21)22(25)16-5-3-2-4-6-16/h2-7,9,11-15,24-25H,8,10H2,1H3,(H,26,27,28,29)/t15-/m0/s1. The van der Waals surface area contributed by atoms with E-state index in [1.54, 1.807) is 24.5 Å². The summed E-state index contributed by atoms with van der Waals surface area (Å²) in [5.74, 6) is 1.99. The molecule has 156 valence electrons. The van der Waals surface area contributed by atoms with Gasteiger partial charge in [-0.3, -0.25) is 5.41 Å². The van der Waals surface area contributed by atoms with Crippen LogP contribution in [0.3, 0.4) is 0 Å². The Kier molecular flexibility index (Phi) is 5.98. The fraction of sp³-hybridized carbons (Fsp3) is 0.174. The fourth-order valence-electron chi connectivity index (χ4n) is 3.06. The van der Waals surface area contributed by atoms with E-state index in [9.17, 15) is 0 Å². The van der Waals surface area contributed by atoms with Gasteiger partial charge in [0.25, 0.3) is 0 Å². The molecular formula is C23H22N6O2. The Morgan fingerprint density at radius 1 is 1.16 bits per heavy atom. The number of pyridine rings is 1. The van der Waals surface area contributed by atoms with Crippen molar-refractivity contribution in [2.24, 2.45) is 0 Å². The Bertz CT molecular complexity index is 1130. The molecule has 4 bridgehead atoms. The fourth-order valence-corrected chi connectivity index (χ4v) is 3.06. The zero-order chi connectivity index (χ0) is 21.6. The predicted octanol–water partition coefficient (Wildman–Crippen LogP) is 4.21. The third-order valence-corrected chi connectivity index (χ3v) is 4.70. The monoisotopic (exact) mass is 414 g/mol. The van der Waals surface area contributed by atoms with Crippen LogP contribution in [0.25, 0.3) is 5.57 Å². The van der Waals surface area contributed by atoms with Crippen LogP contribution in [0.4, 0.5) is 11.6 Å². The summed E-state index contributed by atoms with van der Waals surface area (Å²) >= 11 is 0. The third kappa shape index (κ3) is 4.75. The van der Waals surface area contributed by atoms with Crippen LogP contribution in [-0.2, 0) is 4.74 Å². The minimum Gasteiger partial charge on any atom is -0.500 e. The van der Waals surface area contributed by atoms with Crippen LogP contribution in [0.2, 0.25) is 0 Å². The molecule has 4 rings (SSSR count). The molecular weight excluding hydrogens is 392 g/mol. The van der Waals surface area contributed by atoms with Gasteiger partial charge >= 0.3 is 0 Å². The highest BCUT2D eigenvalue weighted by Gasteiger charge is 2.17. The molecule has 3 N–H and O–H groups in total. The molecule has 0 fully saturated rings. The highest BCUT2D eigenvalue weighted by atomic mass is 16.5. The summed E-state index contributed by atoms with van der Waals surface area (Å²) in [7, 11) is 0. The number of hydrogen-bond acceptors (Lipinski definition) is 8. The number of benzene rings is 1. The lowest BCUT2D eigenvalue weighted by molar-refractivity contribution is 0.157. The molecule has 0 radical (unpaired) electrons. The molecule has 2 aromatic heterocycles. The van der Waals surface area contributed by atoms with Crippen molar-refractivity contribution in [2.75, 3.05) is 11.9 Å². The van der Waals surface area contributed by atoms with E-state index < -0.39 is 0 Å². The molecule has 1 aromatic carbocycles. The smallest absolute Gasteiger partial charge is 0.166 e. The van der Waals surface area contributed by atoms with E-state index in [0.717, 1.165) is 11.8 Å². The molecule has 31 heavy (non-hydrogen) atoms. The number of fused-ring (bicyclic) bond motifs is 4. The van der Waals surface area contributed by atoms with E-state index in [-0.39, 0.29) is 6.10 Å². The van der Waals surface area contributed by atoms with Crippen molar-refractivity contribution in [3.63, 3.8) is 0 Å². The lowest BCUT2D eigenvalue weighted by Crippen LogP contribution is -2.17.